The van der Waals surface area contributed by atoms with Crippen LogP contribution in [0.3, 0.4) is 0 Å². The van der Waals surface area contributed by atoms with E-state index in [0.717, 1.165) is 51.7 Å². The maximum atomic E-state index is 12.9. The Morgan fingerprint density at radius 1 is 1.03 bits per heavy atom. The van der Waals surface area contributed by atoms with Crippen molar-refractivity contribution in [2.75, 3.05) is 40.4 Å². The van der Waals surface area contributed by atoms with Crippen LogP contribution in [0.5, 0.6) is 11.5 Å². The second-order valence-electron chi connectivity index (χ2n) is 8.24. The first-order valence-electron chi connectivity index (χ1n) is 11.6. The number of amides is 1. The number of unbranched alkanes of at least 4 members (excludes halogenated alkanes) is 2. The van der Waals surface area contributed by atoms with Gasteiger partial charge in [0.25, 0.3) is 5.91 Å². The number of carbonyl (C=O) groups is 2. The number of ether oxygens (including phenoxy) is 2. The monoisotopic (exact) mass is 446 g/mol. The molecule has 178 valence electrons. The Hall–Kier alpha value is -2.54. The Morgan fingerprint density at radius 2 is 1.62 bits per heavy atom. The van der Waals surface area contributed by atoms with Crippen LogP contribution in [0.15, 0.2) is 29.5 Å². The lowest BCUT2D eigenvalue weighted by Crippen LogP contribution is -2.35. The van der Waals surface area contributed by atoms with Crippen LogP contribution in [0.1, 0.15) is 64.5 Å². The number of aliphatic hydroxyl groups excluding tert-OH is 1. The van der Waals surface area contributed by atoms with Gasteiger partial charge in [0.1, 0.15) is 0 Å². The number of hydrogen-bond donors (Lipinski definition) is 1. The Morgan fingerprint density at radius 3 is 2.16 bits per heavy atom. The number of benzene rings is 1. The normalized spacial score (nSPS) is 16.2. The van der Waals surface area contributed by atoms with Crippen molar-refractivity contribution in [3.63, 3.8) is 0 Å². The van der Waals surface area contributed by atoms with E-state index >= 15 is 0 Å². The zero-order valence-electron chi connectivity index (χ0n) is 20.1. The minimum Gasteiger partial charge on any atom is -0.503 e. The number of methoxy groups -OCH3 is 2. The molecule has 1 unspecified atom stereocenters. The van der Waals surface area contributed by atoms with E-state index in [1.165, 1.54) is 6.92 Å². The van der Waals surface area contributed by atoms with Crippen molar-refractivity contribution in [1.82, 2.24) is 9.80 Å². The quantitative estimate of drug-likeness (QED) is 0.459. The van der Waals surface area contributed by atoms with Crippen LogP contribution in [0.25, 0.3) is 0 Å². The largest absolute Gasteiger partial charge is 0.503 e. The van der Waals surface area contributed by atoms with Gasteiger partial charge in [-0.05, 0) is 63.5 Å². The predicted octanol–water partition coefficient (Wildman–Crippen LogP) is 4.28. The summed E-state index contributed by atoms with van der Waals surface area (Å²) in [6, 6.07) is 4.68. The van der Waals surface area contributed by atoms with Crippen molar-refractivity contribution < 1.29 is 24.2 Å². The van der Waals surface area contributed by atoms with E-state index in [2.05, 4.69) is 18.7 Å². The molecule has 1 aromatic rings. The summed E-state index contributed by atoms with van der Waals surface area (Å²) in [6.45, 7) is 9.18. The number of ketones is 1. The summed E-state index contributed by atoms with van der Waals surface area (Å²) in [5.41, 5.74) is 0.843. The third kappa shape index (κ3) is 6.03. The van der Waals surface area contributed by atoms with Crippen molar-refractivity contribution in [1.29, 1.82) is 0 Å². The third-order valence-corrected chi connectivity index (χ3v) is 5.94. The fraction of sp³-hybridized carbons (Fsp3) is 0.600. The molecule has 0 aliphatic carbocycles. The van der Waals surface area contributed by atoms with Gasteiger partial charge in [0.05, 0.1) is 25.8 Å². The van der Waals surface area contributed by atoms with Gasteiger partial charge in [0, 0.05) is 6.54 Å². The zero-order chi connectivity index (χ0) is 23.7. The zero-order valence-corrected chi connectivity index (χ0v) is 20.1. The number of rotatable bonds is 14. The molecule has 1 aliphatic heterocycles. The van der Waals surface area contributed by atoms with Crippen molar-refractivity contribution in [3.05, 3.63) is 35.1 Å². The minimum atomic E-state index is -0.639. The maximum Gasteiger partial charge on any atom is 0.290 e. The van der Waals surface area contributed by atoms with Gasteiger partial charge < -0.3 is 24.4 Å². The number of carbonyl (C=O) groups excluding carboxylic acids is 2. The molecule has 0 aromatic heterocycles. The molecule has 1 aromatic carbocycles. The van der Waals surface area contributed by atoms with E-state index < -0.39 is 17.7 Å². The van der Waals surface area contributed by atoms with E-state index in [1.807, 2.05) is 6.07 Å². The second kappa shape index (κ2) is 12.5. The summed E-state index contributed by atoms with van der Waals surface area (Å²) in [7, 11) is 3.10. The van der Waals surface area contributed by atoms with Crippen LogP contribution < -0.4 is 9.47 Å². The number of nitrogens with zero attached hydrogens (tertiary/aromatic N) is 2. The van der Waals surface area contributed by atoms with Gasteiger partial charge in [0.15, 0.2) is 23.0 Å². The van der Waals surface area contributed by atoms with Crippen molar-refractivity contribution >= 4 is 11.7 Å². The van der Waals surface area contributed by atoms with E-state index in [0.29, 0.717) is 23.6 Å². The SMILES string of the molecule is CCCCN(CCCC)CCCN1C(=O)C(O)=C(C(C)=O)C1c1ccc(OC)c(OC)c1. The van der Waals surface area contributed by atoms with E-state index in [-0.39, 0.29) is 11.4 Å². The summed E-state index contributed by atoms with van der Waals surface area (Å²) in [6.07, 6.45) is 5.36. The highest BCUT2D eigenvalue weighted by atomic mass is 16.5. The molecule has 1 amide bonds. The van der Waals surface area contributed by atoms with Crippen LogP contribution in [-0.2, 0) is 9.59 Å². The molecule has 0 radical (unpaired) electrons. The van der Waals surface area contributed by atoms with Gasteiger partial charge in [-0.15, -0.1) is 0 Å². The molecular formula is C25H38N2O5. The lowest BCUT2D eigenvalue weighted by atomic mass is 9.96. The molecule has 1 aliphatic rings. The molecule has 2 rings (SSSR count). The van der Waals surface area contributed by atoms with E-state index in [1.54, 1.807) is 31.3 Å². The topological polar surface area (TPSA) is 79.3 Å². The fourth-order valence-electron chi connectivity index (χ4n) is 4.18. The Bertz CT molecular complexity index is 813. The maximum absolute atomic E-state index is 12.9. The number of aliphatic hydroxyl groups is 1. The van der Waals surface area contributed by atoms with Gasteiger partial charge in [-0.2, -0.15) is 0 Å². The molecule has 0 fully saturated rings. The first-order chi connectivity index (χ1) is 15.4. The van der Waals surface area contributed by atoms with E-state index in [9.17, 15) is 14.7 Å². The Kier molecular flexibility index (Phi) is 10.0. The molecule has 1 heterocycles. The Balaban J connectivity index is 2.24. The van der Waals surface area contributed by atoms with Crippen molar-refractivity contribution in [3.8, 4) is 11.5 Å². The van der Waals surface area contributed by atoms with Crippen molar-refractivity contribution in [2.45, 2.75) is 58.9 Å². The number of hydrogen-bond acceptors (Lipinski definition) is 6. The highest BCUT2D eigenvalue weighted by Gasteiger charge is 2.42. The summed E-state index contributed by atoms with van der Waals surface area (Å²) < 4.78 is 10.7. The molecule has 0 saturated carbocycles. The molecule has 1 atom stereocenters. The second-order valence-corrected chi connectivity index (χ2v) is 8.24. The van der Waals surface area contributed by atoms with Crippen LogP contribution in [0.4, 0.5) is 0 Å². The molecule has 7 nitrogen and oxygen atoms in total. The van der Waals surface area contributed by atoms with Crippen LogP contribution in [0.2, 0.25) is 0 Å². The molecule has 0 spiro atoms. The summed E-state index contributed by atoms with van der Waals surface area (Å²) in [4.78, 5) is 29.3. The predicted molar refractivity (Wildman–Crippen MR) is 125 cm³/mol. The molecule has 1 N–H and O–H groups in total. The molecule has 0 saturated heterocycles. The average molecular weight is 447 g/mol. The number of Topliss-reactive ketones (excluding diaryl/α,β-unsaturated/α-hetero) is 1. The first kappa shape index (κ1) is 25.7. The van der Waals surface area contributed by atoms with E-state index in [4.69, 9.17) is 9.47 Å². The van der Waals surface area contributed by atoms with Crippen LogP contribution >= 0.6 is 0 Å². The van der Waals surface area contributed by atoms with Crippen LogP contribution in [-0.4, -0.2) is 67.0 Å². The van der Waals surface area contributed by atoms with Gasteiger partial charge in [-0.1, -0.05) is 32.8 Å². The van der Waals surface area contributed by atoms with Gasteiger partial charge >= 0.3 is 0 Å². The highest BCUT2D eigenvalue weighted by Crippen LogP contribution is 2.40. The standard InChI is InChI=1S/C25H38N2O5/c1-6-8-13-26(14-9-7-2)15-10-16-27-23(22(18(3)28)24(29)25(27)30)19-11-12-20(31-4)21(17-19)32-5/h11-12,17,23,29H,6-10,13-16H2,1-5H3. The average Bonchev–Trinajstić information content (AvgIpc) is 3.05. The third-order valence-electron chi connectivity index (χ3n) is 5.94. The summed E-state index contributed by atoms with van der Waals surface area (Å²) in [5, 5.41) is 10.5. The molecule has 32 heavy (non-hydrogen) atoms. The summed E-state index contributed by atoms with van der Waals surface area (Å²) >= 11 is 0. The summed E-state index contributed by atoms with van der Waals surface area (Å²) in [5.74, 6) is -0.190. The smallest absolute Gasteiger partial charge is 0.290 e. The van der Waals surface area contributed by atoms with Crippen molar-refractivity contribution in [2.24, 2.45) is 0 Å². The highest BCUT2D eigenvalue weighted by molar-refractivity contribution is 6.08. The molecular weight excluding hydrogens is 408 g/mol. The van der Waals surface area contributed by atoms with Gasteiger partial charge in [-0.25, -0.2) is 0 Å². The fourth-order valence-corrected chi connectivity index (χ4v) is 4.18. The molecule has 7 heteroatoms. The van der Waals surface area contributed by atoms with Gasteiger partial charge in [-0.3, -0.25) is 9.59 Å². The molecule has 0 bridgehead atoms. The minimum absolute atomic E-state index is 0.135. The van der Waals surface area contributed by atoms with Gasteiger partial charge in [0.2, 0.25) is 0 Å². The lowest BCUT2D eigenvalue weighted by Gasteiger charge is -2.29. The Labute approximate surface area is 192 Å². The van der Waals surface area contributed by atoms with Crippen LogP contribution in [0, 0.1) is 0 Å². The lowest BCUT2D eigenvalue weighted by molar-refractivity contribution is -0.129. The first-order valence-corrected chi connectivity index (χ1v) is 11.6.